The summed E-state index contributed by atoms with van der Waals surface area (Å²) in [5.41, 5.74) is 5.48. The molecule has 0 heterocycles. The number of hydrogen-bond acceptors (Lipinski definition) is 4. The number of rotatable bonds is 6. The highest BCUT2D eigenvalue weighted by molar-refractivity contribution is 6.06. The lowest BCUT2D eigenvalue weighted by atomic mass is 10.1. The van der Waals surface area contributed by atoms with E-state index in [0.29, 0.717) is 5.75 Å². The first-order valence-corrected chi connectivity index (χ1v) is 8.75. The molecule has 3 aromatic rings. The van der Waals surface area contributed by atoms with Crippen LogP contribution in [-0.4, -0.2) is 22.9 Å². The van der Waals surface area contributed by atoms with Gasteiger partial charge in [-0.05, 0) is 29.8 Å². The molecule has 0 aliphatic rings. The summed E-state index contributed by atoms with van der Waals surface area (Å²) in [4.78, 5) is 36.0. The Labute approximate surface area is 166 Å². The molecule has 0 saturated heterocycles. The molecule has 7 heteroatoms. The molecular weight excluding hydrogens is 372 g/mol. The smallest absolute Gasteiger partial charge is 0.336 e. The monoisotopic (exact) mass is 390 g/mol. The summed E-state index contributed by atoms with van der Waals surface area (Å²) in [6, 6.07) is 21.8. The third-order valence-electron chi connectivity index (χ3n) is 4.06. The summed E-state index contributed by atoms with van der Waals surface area (Å²) in [6.07, 6.45) is 0. The van der Waals surface area contributed by atoms with Gasteiger partial charge in [0.15, 0.2) is 0 Å². The lowest BCUT2D eigenvalue weighted by Crippen LogP contribution is -2.42. The molecule has 0 fully saturated rings. The topological polar surface area (TPSA) is 105 Å². The average molecular weight is 390 g/mol. The van der Waals surface area contributed by atoms with Crippen LogP contribution in [0, 0.1) is 0 Å². The number of nitrogens with one attached hydrogen (secondary N) is 2. The highest BCUT2D eigenvalue weighted by Crippen LogP contribution is 2.19. The van der Waals surface area contributed by atoms with Gasteiger partial charge in [0.25, 0.3) is 11.8 Å². The van der Waals surface area contributed by atoms with Crippen LogP contribution in [0.1, 0.15) is 36.6 Å². The van der Waals surface area contributed by atoms with Crippen molar-refractivity contribution in [2.45, 2.75) is 6.61 Å². The predicted octanol–water partition coefficient (Wildman–Crippen LogP) is 3.04. The van der Waals surface area contributed by atoms with Crippen LogP contribution >= 0.6 is 0 Å². The van der Waals surface area contributed by atoms with Gasteiger partial charge in [-0.3, -0.25) is 20.4 Å². The fourth-order valence-electron chi connectivity index (χ4n) is 2.63. The van der Waals surface area contributed by atoms with E-state index in [1.165, 1.54) is 24.3 Å². The van der Waals surface area contributed by atoms with E-state index in [1.807, 2.05) is 30.3 Å². The number of amides is 2. The van der Waals surface area contributed by atoms with E-state index >= 15 is 0 Å². The Bertz CT molecular complexity index is 1030. The van der Waals surface area contributed by atoms with Gasteiger partial charge in [-0.2, -0.15) is 0 Å². The predicted molar refractivity (Wildman–Crippen MR) is 106 cm³/mol. The molecule has 0 atom stereocenters. The first-order chi connectivity index (χ1) is 14.1. The third kappa shape index (κ3) is 4.98. The molecule has 0 aliphatic carbocycles. The Balaban J connectivity index is 1.67. The largest absolute Gasteiger partial charge is 0.488 e. The zero-order valence-electron chi connectivity index (χ0n) is 15.3. The molecule has 0 radical (unpaired) electrons. The van der Waals surface area contributed by atoms with Crippen LogP contribution in [0.3, 0.4) is 0 Å². The number of carboxylic acid groups (broad SMARTS) is 1. The number of carbonyl (C=O) groups excluding carboxylic acids is 2. The van der Waals surface area contributed by atoms with Crippen molar-refractivity contribution in [2.75, 3.05) is 0 Å². The minimum atomic E-state index is -1.23. The van der Waals surface area contributed by atoms with Crippen molar-refractivity contribution in [3.8, 4) is 5.75 Å². The fraction of sp³-hybridized carbons (Fsp3) is 0.0455. The van der Waals surface area contributed by atoms with Crippen molar-refractivity contribution < 1.29 is 24.2 Å². The quantitative estimate of drug-likeness (QED) is 0.561. The molecule has 7 nitrogen and oxygen atoms in total. The van der Waals surface area contributed by atoms with Crippen LogP contribution in [0.5, 0.6) is 5.75 Å². The molecule has 146 valence electrons. The number of para-hydroxylation sites is 1. The Morgan fingerprint density at radius 1 is 0.690 bits per heavy atom. The van der Waals surface area contributed by atoms with Gasteiger partial charge in [0.05, 0.1) is 16.7 Å². The second kappa shape index (κ2) is 9.18. The van der Waals surface area contributed by atoms with Crippen molar-refractivity contribution in [2.24, 2.45) is 0 Å². The maximum absolute atomic E-state index is 12.5. The van der Waals surface area contributed by atoms with E-state index in [1.54, 1.807) is 24.3 Å². The van der Waals surface area contributed by atoms with Gasteiger partial charge in [0.2, 0.25) is 0 Å². The summed E-state index contributed by atoms with van der Waals surface area (Å²) >= 11 is 0. The molecule has 0 aliphatic heterocycles. The van der Waals surface area contributed by atoms with Crippen LogP contribution in [0.2, 0.25) is 0 Å². The van der Waals surface area contributed by atoms with Gasteiger partial charge in [-0.25, -0.2) is 4.79 Å². The van der Waals surface area contributed by atoms with Crippen molar-refractivity contribution in [1.82, 2.24) is 10.9 Å². The van der Waals surface area contributed by atoms with Crippen molar-refractivity contribution in [3.05, 3.63) is 101 Å². The Kier molecular flexibility index (Phi) is 6.22. The molecule has 0 unspecified atom stereocenters. The summed E-state index contributed by atoms with van der Waals surface area (Å²) < 4.78 is 5.74. The van der Waals surface area contributed by atoms with Crippen molar-refractivity contribution in [3.63, 3.8) is 0 Å². The molecule has 3 aromatic carbocycles. The number of benzene rings is 3. The van der Waals surface area contributed by atoms with Crippen LogP contribution in [0.25, 0.3) is 0 Å². The summed E-state index contributed by atoms with van der Waals surface area (Å²) in [6.45, 7) is 0.281. The average Bonchev–Trinajstić information content (AvgIpc) is 2.76. The minimum Gasteiger partial charge on any atom is -0.488 e. The Morgan fingerprint density at radius 3 is 1.86 bits per heavy atom. The molecule has 0 aromatic heterocycles. The fourth-order valence-corrected chi connectivity index (χ4v) is 2.63. The highest BCUT2D eigenvalue weighted by Gasteiger charge is 2.17. The molecule has 0 bridgehead atoms. The van der Waals surface area contributed by atoms with Gasteiger partial charge >= 0.3 is 5.97 Å². The third-order valence-corrected chi connectivity index (χ3v) is 4.06. The van der Waals surface area contributed by atoms with Crippen LogP contribution in [0.4, 0.5) is 0 Å². The SMILES string of the molecule is O=C(NNC(=O)c1ccccc1C(=O)O)c1ccccc1OCc1ccccc1. The van der Waals surface area contributed by atoms with E-state index in [0.717, 1.165) is 5.56 Å². The molecule has 0 saturated carbocycles. The standard InChI is InChI=1S/C22H18N2O5/c25-20(16-10-4-5-11-17(16)22(27)28)23-24-21(26)18-12-6-7-13-19(18)29-14-15-8-2-1-3-9-15/h1-13H,14H2,(H,23,25)(H,24,26)(H,27,28). The molecule has 2 amide bonds. The minimum absolute atomic E-state index is 0.0612. The van der Waals surface area contributed by atoms with Crippen LogP contribution < -0.4 is 15.6 Å². The van der Waals surface area contributed by atoms with Gasteiger partial charge in [-0.15, -0.1) is 0 Å². The summed E-state index contributed by atoms with van der Waals surface area (Å²) in [5.74, 6) is -2.20. The second-order valence-electron chi connectivity index (χ2n) is 6.03. The highest BCUT2D eigenvalue weighted by atomic mass is 16.5. The molecule has 3 rings (SSSR count). The number of carbonyl (C=O) groups is 3. The van der Waals surface area contributed by atoms with Crippen LogP contribution in [-0.2, 0) is 6.61 Å². The maximum atomic E-state index is 12.5. The molecule has 0 spiro atoms. The zero-order chi connectivity index (χ0) is 20.6. The number of hydrazine groups is 1. The van der Waals surface area contributed by atoms with E-state index in [2.05, 4.69) is 10.9 Å². The van der Waals surface area contributed by atoms with Gasteiger partial charge < -0.3 is 9.84 Å². The first-order valence-electron chi connectivity index (χ1n) is 8.75. The van der Waals surface area contributed by atoms with Crippen molar-refractivity contribution >= 4 is 17.8 Å². The van der Waals surface area contributed by atoms with E-state index in [9.17, 15) is 19.5 Å². The van der Waals surface area contributed by atoms with Gasteiger partial charge in [0.1, 0.15) is 12.4 Å². The van der Waals surface area contributed by atoms with Crippen molar-refractivity contribution in [1.29, 1.82) is 0 Å². The number of ether oxygens (including phenoxy) is 1. The normalized spacial score (nSPS) is 10.1. The summed E-state index contributed by atoms with van der Waals surface area (Å²) in [7, 11) is 0. The number of carboxylic acids is 1. The molecular formula is C22H18N2O5. The number of hydrogen-bond donors (Lipinski definition) is 3. The lowest BCUT2D eigenvalue weighted by Gasteiger charge is -2.13. The maximum Gasteiger partial charge on any atom is 0.336 e. The lowest BCUT2D eigenvalue weighted by molar-refractivity contribution is 0.0690. The molecule has 3 N–H and O–H groups in total. The van der Waals surface area contributed by atoms with E-state index in [-0.39, 0.29) is 23.3 Å². The Morgan fingerprint density at radius 2 is 1.21 bits per heavy atom. The number of aromatic carboxylic acids is 1. The van der Waals surface area contributed by atoms with Gasteiger partial charge in [0, 0.05) is 0 Å². The summed E-state index contributed by atoms with van der Waals surface area (Å²) in [5, 5.41) is 9.18. The molecule has 29 heavy (non-hydrogen) atoms. The van der Waals surface area contributed by atoms with Crippen LogP contribution in [0.15, 0.2) is 78.9 Å². The zero-order valence-corrected chi connectivity index (χ0v) is 15.3. The Hall–Kier alpha value is -4.13. The second-order valence-corrected chi connectivity index (χ2v) is 6.03. The van der Waals surface area contributed by atoms with Gasteiger partial charge in [-0.1, -0.05) is 54.6 Å². The van der Waals surface area contributed by atoms with E-state index < -0.39 is 17.8 Å². The van der Waals surface area contributed by atoms with E-state index in [4.69, 9.17) is 4.74 Å². The first kappa shape index (κ1) is 19.6.